The maximum atomic E-state index is 13.9. The third-order valence-electron chi connectivity index (χ3n) is 9.89. The molecule has 61 heavy (non-hydrogen) atoms. The molecule has 5 aromatic rings. The second-order valence-electron chi connectivity index (χ2n) is 14.1. The lowest BCUT2D eigenvalue weighted by molar-refractivity contribution is -0.352. The largest absolute Gasteiger partial charge is 0.458 e. The highest BCUT2D eigenvalue weighted by Gasteiger charge is 2.59. The third kappa shape index (κ3) is 11.9. The number of nitrogens with one attached hydrogen (secondary N) is 1. The van der Waals surface area contributed by atoms with Crippen molar-refractivity contribution in [1.82, 2.24) is 5.32 Å². The molecule has 0 saturated carbocycles. The quantitative estimate of drug-likeness (QED) is 0.0569. The van der Waals surface area contributed by atoms with E-state index >= 15 is 0 Å². The lowest BCUT2D eigenvalue weighted by Gasteiger charge is -2.50. The maximum Gasteiger partial charge on any atom is 0.407 e. The van der Waals surface area contributed by atoms with E-state index in [1.165, 1.54) is 48.5 Å². The van der Waals surface area contributed by atoms with Gasteiger partial charge in [-0.05, 0) is 66.9 Å². The molecule has 1 unspecified atom stereocenters. The standard InChI is InChI=1S/C47H45NO13/c49-31-47(55)37(27-16-28-48-46(54)57-29-32-17-6-1-7-18-32)39(59-44(52)35-23-12-4-13-24-35)41(60-45(53)36-25-14-5-15-26-36)40(61-47)38(58-43(51)34-21-10-3-11-22-34)30-56-42(50)33-19-8-2-9-20-33/h1-15,17-26,37-41,49,55H,16,27-31H2,(H,48,54)/t37?,38-,39-,40-,41-,47+/m1/s1. The molecular formula is C47H45NO13. The van der Waals surface area contributed by atoms with Gasteiger partial charge in [0.25, 0.3) is 0 Å². The van der Waals surface area contributed by atoms with Gasteiger partial charge in [0.2, 0.25) is 0 Å². The van der Waals surface area contributed by atoms with Crippen LogP contribution in [0.3, 0.4) is 0 Å². The van der Waals surface area contributed by atoms with E-state index in [4.69, 9.17) is 28.4 Å². The van der Waals surface area contributed by atoms with Crippen LogP contribution in [0.15, 0.2) is 152 Å². The van der Waals surface area contributed by atoms with Crippen LogP contribution in [0, 0.1) is 5.92 Å². The molecule has 1 saturated heterocycles. The average molecular weight is 832 g/mol. The summed E-state index contributed by atoms with van der Waals surface area (Å²) in [5.74, 6) is -7.37. The summed E-state index contributed by atoms with van der Waals surface area (Å²) in [6, 6.07) is 40.7. The Morgan fingerprint density at radius 3 is 1.57 bits per heavy atom. The molecule has 0 bridgehead atoms. The van der Waals surface area contributed by atoms with Crippen molar-refractivity contribution in [1.29, 1.82) is 0 Å². The molecule has 1 fully saturated rings. The number of carbonyl (C=O) groups is 5. The maximum absolute atomic E-state index is 13.9. The van der Waals surface area contributed by atoms with E-state index < -0.39 is 79.3 Å². The van der Waals surface area contributed by atoms with Crippen LogP contribution in [0.25, 0.3) is 0 Å². The number of aliphatic hydroxyl groups is 2. The zero-order valence-electron chi connectivity index (χ0n) is 32.9. The van der Waals surface area contributed by atoms with Crippen LogP contribution in [-0.4, -0.2) is 90.1 Å². The van der Waals surface area contributed by atoms with E-state index in [0.29, 0.717) is 0 Å². The van der Waals surface area contributed by atoms with Crippen LogP contribution < -0.4 is 5.32 Å². The summed E-state index contributed by atoms with van der Waals surface area (Å²) in [7, 11) is 0. The van der Waals surface area contributed by atoms with E-state index in [0.717, 1.165) is 5.56 Å². The van der Waals surface area contributed by atoms with Crippen LogP contribution >= 0.6 is 0 Å². The summed E-state index contributed by atoms with van der Waals surface area (Å²) >= 11 is 0. The third-order valence-corrected chi connectivity index (χ3v) is 9.89. The molecule has 316 valence electrons. The number of alkyl carbamates (subject to hydrolysis) is 1. The molecule has 1 heterocycles. The Morgan fingerprint density at radius 1 is 0.607 bits per heavy atom. The molecule has 0 aromatic heterocycles. The van der Waals surface area contributed by atoms with Crippen LogP contribution in [0.5, 0.6) is 0 Å². The minimum Gasteiger partial charge on any atom is -0.458 e. The zero-order valence-corrected chi connectivity index (χ0v) is 32.9. The fourth-order valence-electron chi connectivity index (χ4n) is 6.79. The second-order valence-corrected chi connectivity index (χ2v) is 14.1. The number of carbonyl (C=O) groups excluding carboxylic acids is 5. The van der Waals surface area contributed by atoms with E-state index in [1.807, 2.05) is 18.2 Å². The number of amides is 1. The summed E-state index contributed by atoms with van der Waals surface area (Å²) < 4.78 is 35.4. The molecule has 3 N–H and O–H groups in total. The fraction of sp³-hybridized carbons (Fsp3) is 0.255. The molecule has 5 aromatic carbocycles. The minimum absolute atomic E-state index is 0.00956. The van der Waals surface area contributed by atoms with Gasteiger partial charge in [-0.3, -0.25) is 0 Å². The predicted octanol–water partition coefficient (Wildman–Crippen LogP) is 5.92. The first-order chi connectivity index (χ1) is 29.6. The number of esters is 4. The van der Waals surface area contributed by atoms with Gasteiger partial charge in [-0.1, -0.05) is 103 Å². The van der Waals surface area contributed by atoms with Crippen molar-refractivity contribution in [2.45, 2.75) is 49.7 Å². The molecule has 14 nitrogen and oxygen atoms in total. The molecule has 0 aliphatic carbocycles. The van der Waals surface area contributed by atoms with Gasteiger partial charge in [0.1, 0.15) is 25.4 Å². The Kier molecular flexibility index (Phi) is 15.3. The Morgan fingerprint density at radius 2 is 1.07 bits per heavy atom. The molecule has 1 aliphatic heterocycles. The summed E-state index contributed by atoms with van der Waals surface area (Å²) in [6.45, 7) is -1.74. The van der Waals surface area contributed by atoms with E-state index in [1.54, 1.807) is 84.9 Å². The molecule has 14 heteroatoms. The lowest BCUT2D eigenvalue weighted by atomic mass is 9.79. The Labute approximate surface area is 351 Å². The van der Waals surface area contributed by atoms with E-state index in [-0.39, 0.29) is 48.2 Å². The summed E-state index contributed by atoms with van der Waals surface area (Å²) in [6.07, 6.45) is -7.36. The van der Waals surface area contributed by atoms with Gasteiger partial charge in [0.15, 0.2) is 18.0 Å². The molecule has 1 amide bonds. The van der Waals surface area contributed by atoms with Gasteiger partial charge in [-0.2, -0.15) is 0 Å². The topological polar surface area (TPSA) is 193 Å². The minimum atomic E-state index is -2.56. The monoisotopic (exact) mass is 831 g/mol. The smallest absolute Gasteiger partial charge is 0.407 e. The van der Waals surface area contributed by atoms with Crippen molar-refractivity contribution in [3.8, 4) is 0 Å². The van der Waals surface area contributed by atoms with Gasteiger partial charge in [-0.25, -0.2) is 24.0 Å². The van der Waals surface area contributed by atoms with Gasteiger partial charge in [0, 0.05) is 6.54 Å². The normalized spacial score (nSPS) is 20.0. The van der Waals surface area contributed by atoms with Crippen LogP contribution in [-0.2, 0) is 35.0 Å². The van der Waals surface area contributed by atoms with Crippen molar-refractivity contribution in [3.05, 3.63) is 179 Å². The van der Waals surface area contributed by atoms with Crippen molar-refractivity contribution < 1.29 is 62.6 Å². The Bertz CT molecular complexity index is 2190. The van der Waals surface area contributed by atoms with Crippen molar-refractivity contribution in [2.24, 2.45) is 5.92 Å². The first kappa shape index (κ1) is 43.7. The average Bonchev–Trinajstić information content (AvgIpc) is 3.31. The van der Waals surface area contributed by atoms with Gasteiger partial charge in [-0.15, -0.1) is 0 Å². The van der Waals surface area contributed by atoms with Crippen molar-refractivity contribution in [2.75, 3.05) is 19.8 Å². The summed E-state index contributed by atoms with van der Waals surface area (Å²) in [5, 5.41) is 25.8. The van der Waals surface area contributed by atoms with Gasteiger partial charge < -0.3 is 44.0 Å². The first-order valence-electron chi connectivity index (χ1n) is 19.6. The molecule has 0 spiro atoms. The molecule has 1 aliphatic rings. The predicted molar refractivity (Wildman–Crippen MR) is 218 cm³/mol. The van der Waals surface area contributed by atoms with Crippen LogP contribution in [0.1, 0.15) is 59.8 Å². The number of ether oxygens (including phenoxy) is 6. The summed E-state index contributed by atoms with van der Waals surface area (Å²) in [5.41, 5.74) is 1.26. The number of benzene rings is 5. The SMILES string of the molecule is O=C(NCCCC1[C@@H](OC(=O)c2ccccc2)[C@@H](OC(=O)c2ccccc2)[C@@H]([C@@H](COC(=O)c2ccccc2)OC(=O)c2ccccc2)O[C@@]1(O)CO)OCc1ccccc1. The van der Waals surface area contributed by atoms with Crippen LogP contribution in [0.2, 0.25) is 0 Å². The fourth-order valence-corrected chi connectivity index (χ4v) is 6.79. The van der Waals surface area contributed by atoms with E-state index in [2.05, 4.69) is 5.32 Å². The highest BCUT2D eigenvalue weighted by molar-refractivity contribution is 5.91. The van der Waals surface area contributed by atoms with E-state index in [9.17, 15) is 34.2 Å². The highest BCUT2D eigenvalue weighted by Crippen LogP contribution is 2.41. The lowest BCUT2D eigenvalue weighted by Crippen LogP contribution is -2.67. The number of aliphatic hydroxyl groups excluding tert-OH is 1. The summed E-state index contributed by atoms with van der Waals surface area (Å²) in [4.78, 5) is 67.4. The van der Waals surface area contributed by atoms with Crippen molar-refractivity contribution >= 4 is 30.0 Å². The van der Waals surface area contributed by atoms with Gasteiger partial charge in [0.05, 0.1) is 34.8 Å². The highest BCUT2D eigenvalue weighted by atomic mass is 16.7. The first-order valence-corrected chi connectivity index (χ1v) is 19.6. The van der Waals surface area contributed by atoms with Crippen LogP contribution in [0.4, 0.5) is 4.79 Å². The second kappa shape index (κ2) is 21.4. The van der Waals surface area contributed by atoms with Crippen molar-refractivity contribution in [3.63, 3.8) is 0 Å². The molecule has 0 radical (unpaired) electrons. The zero-order chi connectivity index (χ0) is 43.0. The number of hydrogen-bond acceptors (Lipinski definition) is 13. The molecule has 6 rings (SSSR count). The number of rotatable bonds is 17. The molecule has 6 atom stereocenters. The Hall–Kier alpha value is -6.87. The molecular weight excluding hydrogens is 787 g/mol. The van der Waals surface area contributed by atoms with Gasteiger partial charge >= 0.3 is 30.0 Å². The number of hydrogen-bond donors (Lipinski definition) is 3. The Balaban J connectivity index is 1.35.